The van der Waals surface area contributed by atoms with Crippen molar-refractivity contribution in [2.24, 2.45) is 0 Å². The minimum atomic E-state index is -0.00694. The van der Waals surface area contributed by atoms with Crippen molar-refractivity contribution in [2.75, 3.05) is 20.0 Å². The molecular formula is C9H18ClNO3. The second kappa shape index (κ2) is 10.5. The van der Waals surface area contributed by atoms with Crippen LogP contribution in [0.5, 0.6) is 0 Å². The van der Waals surface area contributed by atoms with Crippen LogP contribution in [0.15, 0.2) is 0 Å². The lowest BCUT2D eigenvalue weighted by molar-refractivity contribution is -0.168. The van der Waals surface area contributed by atoms with Crippen molar-refractivity contribution in [2.45, 2.75) is 26.7 Å². The third-order valence-electron chi connectivity index (χ3n) is 1.47. The van der Waals surface area contributed by atoms with Crippen molar-refractivity contribution in [3.8, 4) is 0 Å². The summed E-state index contributed by atoms with van der Waals surface area (Å²) in [5.41, 5.74) is 0. The molecule has 0 unspecified atom stereocenters. The van der Waals surface area contributed by atoms with E-state index in [2.05, 4.69) is 4.84 Å². The van der Waals surface area contributed by atoms with Crippen LogP contribution < -0.4 is 0 Å². The first kappa shape index (κ1) is 15.8. The highest BCUT2D eigenvalue weighted by Gasteiger charge is 2.01. The number of carbonyl (C=O) groups is 2. The predicted octanol–water partition coefficient (Wildman–Crippen LogP) is 1.62. The molecule has 0 spiro atoms. The van der Waals surface area contributed by atoms with Crippen LogP contribution in [-0.4, -0.2) is 36.8 Å². The number of halogens is 1. The quantitative estimate of drug-likeness (QED) is 0.538. The number of Topliss-reactive ketones (excluding diaryl/α,β-unsaturated/α-hetero) is 1. The zero-order valence-electron chi connectivity index (χ0n) is 9.17. The summed E-state index contributed by atoms with van der Waals surface area (Å²) < 4.78 is 0. The zero-order chi connectivity index (χ0) is 11.6. The lowest BCUT2D eigenvalue weighted by Gasteiger charge is -2.10. The Kier molecular flexibility index (Phi) is 11.9. The van der Waals surface area contributed by atoms with Crippen LogP contribution in [0.1, 0.15) is 26.7 Å². The van der Waals surface area contributed by atoms with Gasteiger partial charge in [0.2, 0.25) is 5.91 Å². The summed E-state index contributed by atoms with van der Waals surface area (Å²) in [7, 11) is 3.05. The number of carbonyl (C=O) groups excluding carboxylic acids is 2. The topological polar surface area (TPSA) is 46.6 Å². The summed E-state index contributed by atoms with van der Waals surface area (Å²) in [6, 6.07) is 0. The molecule has 0 N–H and O–H groups in total. The monoisotopic (exact) mass is 223 g/mol. The molecule has 1 amide bonds. The number of amides is 1. The number of hydrogen-bond acceptors (Lipinski definition) is 3. The van der Waals surface area contributed by atoms with E-state index in [4.69, 9.17) is 11.6 Å². The van der Waals surface area contributed by atoms with Gasteiger partial charge in [0.15, 0.2) is 0 Å². The summed E-state index contributed by atoms with van der Waals surface area (Å²) >= 11 is 5.10. The van der Waals surface area contributed by atoms with Gasteiger partial charge >= 0.3 is 0 Å². The normalized spacial score (nSPS) is 8.64. The highest BCUT2D eigenvalue weighted by Crippen LogP contribution is 1.86. The Balaban J connectivity index is 0. The molecule has 0 aliphatic rings. The number of ketones is 1. The van der Waals surface area contributed by atoms with E-state index in [1.165, 1.54) is 12.2 Å². The minimum absolute atomic E-state index is 0.00694. The molecule has 0 aromatic heterocycles. The van der Waals surface area contributed by atoms with Gasteiger partial charge in [0.1, 0.15) is 5.78 Å². The highest BCUT2D eigenvalue weighted by molar-refractivity contribution is 6.27. The van der Waals surface area contributed by atoms with Crippen LogP contribution in [0.3, 0.4) is 0 Å². The lowest BCUT2D eigenvalue weighted by atomic mass is 10.4. The predicted molar refractivity (Wildman–Crippen MR) is 56.1 cm³/mol. The number of hydrogen-bond donors (Lipinski definition) is 0. The number of nitrogens with zero attached hydrogens (tertiary/aromatic N) is 1. The number of rotatable bonds is 4. The maximum atomic E-state index is 10.5. The van der Waals surface area contributed by atoms with Crippen molar-refractivity contribution in [1.29, 1.82) is 0 Å². The Morgan fingerprint density at radius 1 is 1.29 bits per heavy atom. The average molecular weight is 224 g/mol. The van der Waals surface area contributed by atoms with Crippen LogP contribution in [-0.2, 0) is 14.4 Å². The molecule has 0 saturated heterocycles. The number of alkyl halides is 1. The first-order chi connectivity index (χ1) is 6.53. The van der Waals surface area contributed by atoms with Crippen molar-refractivity contribution >= 4 is 23.3 Å². The highest BCUT2D eigenvalue weighted by atomic mass is 35.5. The largest absolute Gasteiger partial charge is 0.298 e. The van der Waals surface area contributed by atoms with Gasteiger partial charge in [0.25, 0.3) is 0 Å². The van der Waals surface area contributed by atoms with Gasteiger partial charge in [0, 0.05) is 19.9 Å². The van der Waals surface area contributed by atoms with Gasteiger partial charge in [-0.2, -0.15) is 0 Å². The molecule has 0 radical (unpaired) electrons. The summed E-state index contributed by atoms with van der Waals surface area (Å²) in [6.45, 7) is 3.59. The summed E-state index contributed by atoms with van der Waals surface area (Å²) in [4.78, 5) is 25.2. The van der Waals surface area contributed by atoms with E-state index in [9.17, 15) is 9.59 Å². The van der Waals surface area contributed by atoms with E-state index in [1.54, 1.807) is 20.9 Å². The molecule has 0 rings (SSSR count). The molecule has 84 valence electrons. The first-order valence-electron chi connectivity index (χ1n) is 4.41. The zero-order valence-corrected chi connectivity index (χ0v) is 9.93. The Morgan fingerprint density at radius 3 is 1.86 bits per heavy atom. The molecule has 0 saturated carbocycles. The average Bonchev–Trinajstić information content (AvgIpc) is 2.26. The fourth-order valence-electron chi connectivity index (χ4n) is 0.419. The van der Waals surface area contributed by atoms with Gasteiger partial charge in [-0.3, -0.25) is 14.4 Å². The van der Waals surface area contributed by atoms with E-state index >= 15 is 0 Å². The molecule has 0 fully saturated rings. The Hall–Kier alpha value is -0.610. The molecule has 0 atom stereocenters. The molecule has 0 aromatic rings. The number of hydroxylamine groups is 2. The summed E-state index contributed by atoms with van der Waals surface area (Å²) in [6.07, 6.45) is 1.05. The second-order valence-electron chi connectivity index (χ2n) is 2.45. The lowest BCUT2D eigenvalue weighted by Crippen LogP contribution is -2.23. The molecule has 0 aliphatic carbocycles. The van der Waals surface area contributed by atoms with Crippen LogP contribution in [0.25, 0.3) is 0 Å². The van der Waals surface area contributed by atoms with Gasteiger partial charge in [-0.05, 0) is 0 Å². The van der Waals surface area contributed by atoms with Crippen LogP contribution in [0.4, 0.5) is 0 Å². The molecule has 4 nitrogen and oxygen atoms in total. The van der Waals surface area contributed by atoms with E-state index in [0.29, 0.717) is 12.8 Å². The van der Waals surface area contributed by atoms with Gasteiger partial charge in [0.05, 0.1) is 13.0 Å². The fourth-order valence-corrected chi connectivity index (χ4v) is 0.608. The van der Waals surface area contributed by atoms with Crippen molar-refractivity contribution < 1.29 is 14.4 Å². The molecule has 0 heterocycles. The van der Waals surface area contributed by atoms with Crippen LogP contribution >= 0.6 is 11.6 Å². The smallest absolute Gasteiger partial charge is 0.245 e. The second-order valence-corrected chi connectivity index (χ2v) is 2.72. The van der Waals surface area contributed by atoms with Gasteiger partial charge < -0.3 is 0 Å². The molecule has 14 heavy (non-hydrogen) atoms. The Bertz CT molecular complexity index is 167. The van der Waals surface area contributed by atoms with Crippen molar-refractivity contribution in [3.63, 3.8) is 0 Å². The molecule has 5 heteroatoms. The maximum Gasteiger partial charge on any atom is 0.245 e. The Labute approximate surface area is 90.1 Å². The first-order valence-corrected chi connectivity index (χ1v) is 4.95. The maximum absolute atomic E-state index is 10.5. The summed E-state index contributed by atoms with van der Waals surface area (Å²) in [5, 5.41) is 1.21. The SMILES string of the molecule is CCC(=O)CCl.CCC(=O)N(C)OC. The van der Waals surface area contributed by atoms with Crippen LogP contribution in [0.2, 0.25) is 0 Å². The molecule has 0 aliphatic heterocycles. The van der Waals surface area contributed by atoms with Gasteiger partial charge in [-0.25, -0.2) is 5.06 Å². The van der Waals surface area contributed by atoms with E-state index in [1.807, 2.05) is 0 Å². The third-order valence-corrected chi connectivity index (χ3v) is 1.77. The van der Waals surface area contributed by atoms with Gasteiger partial charge in [-0.1, -0.05) is 13.8 Å². The van der Waals surface area contributed by atoms with E-state index < -0.39 is 0 Å². The molecular weight excluding hydrogens is 206 g/mol. The van der Waals surface area contributed by atoms with Crippen molar-refractivity contribution in [3.05, 3.63) is 0 Å². The van der Waals surface area contributed by atoms with Crippen molar-refractivity contribution in [1.82, 2.24) is 5.06 Å². The minimum Gasteiger partial charge on any atom is -0.298 e. The fraction of sp³-hybridized carbons (Fsp3) is 0.778. The van der Waals surface area contributed by atoms with Crippen LogP contribution in [0, 0.1) is 0 Å². The Morgan fingerprint density at radius 2 is 1.79 bits per heavy atom. The van der Waals surface area contributed by atoms with E-state index in [0.717, 1.165) is 0 Å². The third kappa shape index (κ3) is 9.48. The van der Waals surface area contributed by atoms with Gasteiger partial charge in [-0.15, -0.1) is 11.6 Å². The standard InChI is InChI=1S/C5H11NO2.C4H7ClO/c1-4-5(7)6(2)8-3;1-2-4(6)3-5/h4H2,1-3H3;2-3H2,1H3. The molecule has 0 bridgehead atoms. The summed E-state index contributed by atoms with van der Waals surface area (Å²) in [5.74, 6) is 0.264. The molecule has 0 aromatic carbocycles. The van der Waals surface area contributed by atoms with E-state index in [-0.39, 0.29) is 17.6 Å².